The lowest BCUT2D eigenvalue weighted by atomic mass is 10.2. The van der Waals surface area contributed by atoms with E-state index in [1.165, 1.54) is 18.4 Å². The predicted molar refractivity (Wildman–Crippen MR) is 109 cm³/mol. The molecule has 1 aromatic carbocycles. The number of benzene rings is 1. The first kappa shape index (κ1) is 19.3. The number of aromatic nitrogens is 2. The van der Waals surface area contributed by atoms with Crippen LogP contribution in [0.4, 0.5) is 5.95 Å². The molecule has 0 unspecified atom stereocenters. The van der Waals surface area contributed by atoms with Crippen LogP contribution < -0.4 is 4.90 Å². The first-order valence-electron chi connectivity index (χ1n) is 10.00. The van der Waals surface area contributed by atoms with Crippen LogP contribution >= 0.6 is 0 Å². The summed E-state index contributed by atoms with van der Waals surface area (Å²) in [7, 11) is 0. The van der Waals surface area contributed by atoms with Crippen molar-refractivity contribution in [2.24, 2.45) is 0 Å². The van der Waals surface area contributed by atoms with Crippen molar-refractivity contribution in [1.29, 1.82) is 0 Å². The largest absolute Gasteiger partial charge is 0.337 e. The molecule has 1 amide bonds. The van der Waals surface area contributed by atoms with E-state index >= 15 is 0 Å². The minimum atomic E-state index is 0.0343. The van der Waals surface area contributed by atoms with Crippen LogP contribution in [0.25, 0.3) is 0 Å². The van der Waals surface area contributed by atoms with Gasteiger partial charge in [-0.2, -0.15) is 0 Å². The highest BCUT2D eigenvalue weighted by Gasteiger charge is 2.22. The van der Waals surface area contributed by atoms with E-state index < -0.39 is 0 Å². The summed E-state index contributed by atoms with van der Waals surface area (Å²) in [5.41, 5.74) is 2.55. The molecule has 1 fully saturated rings. The maximum atomic E-state index is 13.0. The molecule has 5 nitrogen and oxygen atoms in total. The first-order chi connectivity index (χ1) is 13.0. The van der Waals surface area contributed by atoms with Crippen molar-refractivity contribution in [2.75, 3.05) is 18.0 Å². The van der Waals surface area contributed by atoms with Crippen LogP contribution in [0.5, 0.6) is 0 Å². The number of anilines is 1. The third-order valence-corrected chi connectivity index (χ3v) is 5.03. The number of hydrogen-bond donors (Lipinski definition) is 0. The smallest absolute Gasteiger partial charge is 0.272 e. The summed E-state index contributed by atoms with van der Waals surface area (Å²) in [4.78, 5) is 26.5. The maximum absolute atomic E-state index is 13.0. The zero-order chi connectivity index (χ0) is 19.2. The second kappa shape index (κ2) is 8.98. The molecule has 0 saturated carbocycles. The van der Waals surface area contributed by atoms with E-state index in [1.54, 1.807) is 0 Å². The van der Waals surface area contributed by atoms with Crippen LogP contribution in [0.3, 0.4) is 0 Å². The van der Waals surface area contributed by atoms with Crippen molar-refractivity contribution in [3.05, 3.63) is 53.3 Å². The van der Waals surface area contributed by atoms with Crippen LogP contribution in [0.1, 0.15) is 61.3 Å². The number of nitrogens with zero attached hydrogens (tertiary/aromatic N) is 4. The molecule has 2 aromatic rings. The average molecular weight is 367 g/mol. The lowest BCUT2D eigenvalue weighted by Crippen LogP contribution is -2.35. The Kier molecular flexibility index (Phi) is 6.43. The molecule has 0 radical (unpaired) electrons. The minimum Gasteiger partial charge on any atom is -0.337 e. The number of likely N-dealkylation sites (tertiary alicyclic amines) is 1. The Hall–Kier alpha value is -2.43. The molecule has 0 bridgehead atoms. The van der Waals surface area contributed by atoms with Gasteiger partial charge < -0.3 is 9.80 Å². The van der Waals surface area contributed by atoms with Gasteiger partial charge in [-0.25, -0.2) is 9.97 Å². The van der Waals surface area contributed by atoms with Gasteiger partial charge in [0.2, 0.25) is 5.95 Å². The summed E-state index contributed by atoms with van der Waals surface area (Å²) < 4.78 is 0. The van der Waals surface area contributed by atoms with Crippen LogP contribution in [0.2, 0.25) is 0 Å². The lowest BCUT2D eigenvalue weighted by Gasteiger charge is -2.28. The highest BCUT2D eigenvalue weighted by Crippen LogP contribution is 2.19. The summed E-state index contributed by atoms with van der Waals surface area (Å²) in [5, 5.41) is 0. The number of aryl methyl sites for hydroxylation is 1. The SMILES string of the molecule is Cc1cc(C(=O)N2CCCCCC2)nc(N(Cc2ccccc2)C(C)C)n1. The standard InChI is InChI=1S/C22H30N4O/c1-17(2)26(16-19-11-7-6-8-12-19)22-23-18(3)15-20(24-22)21(27)25-13-9-4-5-10-14-25/h6-8,11-12,15,17H,4-5,9-10,13-14,16H2,1-3H3. The molecular weight excluding hydrogens is 336 g/mol. The zero-order valence-corrected chi connectivity index (χ0v) is 16.7. The Morgan fingerprint density at radius 2 is 1.74 bits per heavy atom. The Bertz CT molecular complexity index is 752. The van der Waals surface area contributed by atoms with Crippen molar-refractivity contribution < 1.29 is 4.79 Å². The van der Waals surface area contributed by atoms with E-state index in [9.17, 15) is 4.79 Å². The molecular formula is C22H30N4O. The summed E-state index contributed by atoms with van der Waals surface area (Å²) in [6.07, 6.45) is 4.57. The van der Waals surface area contributed by atoms with Gasteiger partial charge in [0.25, 0.3) is 5.91 Å². The van der Waals surface area contributed by atoms with Gasteiger partial charge in [-0.15, -0.1) is 0 Å². The molecule has 0 spiro atoms. The number of rotatable bonds is 5. The molecule has 0 N–H and O–H groups in total. The van der Waals surface area contributed by atoms with E-state index in [0.717, 1.165) is 38.2 Å². The molecule has 1 aromatic heterocycles. The second-order valence-electron chi connectivity index (χ2n) is 7.61. The number of hydrogen-bond acceptors (Lipinski definition) is 4. The van der Waals surface area contributed by atoms with Gasteiger partial charge >= 0.3 is 0 Å². The molecule has 1 aliphatic heterocycles. The van der Waals surface area contributed by atoms with Gasteiger partial charge in [0.1, 0.15) is 5.69 Å². The second-order valence-corrected chi connectivity index (χ2v) is 7.61. The summed E-state index contributed by atoms with van der Waals surface area (Å²) in [5.74, 6) is 0.666. The normalized spacial score (nSPS) is 14.9. The fourth-order valence-corrected chi connectivity index (χ4v) is 3.49. The van der Waals surface area contributed by atoms with E-state index in [1.807, 2.05) is 36.1 Å². The van der Waals surface area contributed by atoms with Gasteiger partial charge in [-0.05, 0) is 45.2 Å². The molecule has 144 valence electrons. The molecule has 1 saturated heterocycles. The van der Waals surface area contributed by atoms with Crippen LogP contribution in [-0.2, 0) is 6.54 Å². The predicted octanol–water partition coefficient (Wildman–Crippen LogP) is 4.22. The first-order valence-corrected chi connectivity index (χ1v) is 10.00. The fourth-order valence-electron chi connectivity index (χ4n) is 3.49. The molecule has 5 heteroatoms. The van der Waals surface area contributed by atoms with Crippen molar-refractivity contribution in [3.63, 3.8) is 0 Å². The van der Waals surface area contributed by atoms with E-state index in [-0.39, 0.29) is 11.9 Å². The third-order valence-electron chi connectivity index (χ3n) is 5.03. The van der Waals surface area contributed by atoms with Crippen molar-refractivity contribution in [3.8, 4) is 0 Å². The van der Waals surface area contributed by atoms with Crippen LogP contribution in [-0.4, -0.2) is 39.9 Å². The van der Waals surface area contributed by atoms with Crippen molar-refractivity contribution >= 4 is 11.9 Å². The van der Waals surface area contributed by atoms with Crippen LogP contribution in [0, 0.1) is 6.92 Å². The van der Waals surface area contributed by atoms with Crippen molar-refractivity contribution in [2.45, 2.75) is 59.0 Å². The third kappa shape index (κ3) is 5.06. The summed E-state index contributed by atoms with van der Waals surface area (Å²) in [6.45, 7) is 8.57. The quantitative estimate of drug-likeness (QED) is 0.795. The Labute approximate surface area is 162 Å². The maximum Gasteiger partial charge on any atom is 0.272 e. The Morgan fingerprint density at radius 1 is 1.07 bits per heavy atom. The lowest BCUT2D eigenvalue weighted by molar-refractivity contribution is 0.0755. The Balaban J connectivity index is 1.87. The summed E-state index contributed by atoms with van der Waals surface area (Å²) >= 11 is 0. The van der Waals surface area contributed by atoms with E-state index in [2.05, 4.69) is 40.8 Å². The Morgan fingerprint density at radius 3 is 2.37 bits per heavy atom. The fraction of sp³-hybridized carbons (Fsp3) is 0.500. The van der Waals surface area contributed by atoms with Crippen molar-refractivity contribution in [1.82, 2.24) is 14.9 Å². The molecule has 27 heavy (non-hydrogen) atoms. The van der Waals surface area contributed by atoms with Gasteiger partial charge in [-0.1, -0.05) is 43.2 Å². The number of carbonyl (C=O) groups is 1. The molecule has 0 aliphatic carbocycles. The molecule has 2 heterocycles. The van der Waals surface area contributed by atoms with Gasteiger partial charge in [0.15, 0.2) is 0 Å². The van der Waals surface area contributed by atoms with E-state index in [4.69, 9.17) is 0 Å². The minimum absolute atomic E-state index is 0.0343. The monoisotopic (exact) mass is 366 g/mol. The highest BCUT2D eigenvalue weighted by atomic mass is 16.2. The highest BCUT2D eigenvalue weighted by molar-refractivity contribution is 5.92. The number of amides is 1. The van der Waals surface area contributed by atoms with E-state index in [0.29, 0.717) is 11.6 Å². The molecule has 3 rings (SSSR count). The van der Waals surface area contributed by atoms with Gasteiger partial charge in [-0.3, -0.25) is 4.79 Å². The summed E-state index contributed by atoms with van der Waals surface area (Å²) in [6, 6.07) is 12.4. The van der Waals surface area contributed by atoms with Gasteiger partial charge in [0, 0.05) is 31.4 Å². The topological polar surface area (TPSA) is 49.3 Å². The van der Waals surface area contributed by atoms with Gasteiger partial charge in [0.05, 0.1) is 0 Å². The zero-order valence-electron chi connectivity index (χ0n) is 16.7. The molecule has 0 atom stereocenters. The number of carbonyl (C=O) groups excluding carboxylic acids is 1. The van der Waals surface area contributed by atoms with Crippen LogP contribution in [0.15, 0.2) is 36.4 Å². The molecule has 1 aliphatic rings. The average Bonchev–Trinajstić information content (AvgIpc) is 2.95.